The number of aromatic nitrogens is 2. The highest BCUT2D eigenvalue weighted by Crippen LogP contribution is 2.28. The number of amides is 1. The van der Waals surface area contributed by atoms with Gasteiger partial charge in [0.1, 0.15) is 11.4 Å². The van der Waals surface area contributed by atoms with Gasteiger partial charge in [0, 0.05) is 24.3 Å². The Balaban J connectivity index is 2.25. The number of halogens is 1. The van der Waals surface area contributed by atoms with Crippen LogP contribution >= 0.6 is 11.6 Å². The highest BCUT2D eigenvalue weighted by molar-refractivity contribution is 6.31. The number of unbranched alkanes of at least 4 members (excludes halogenated alkanes) is 1. The molecule has 2 aromatic rings. The van der Waals surface area contributed by atoms with Gasteiger partial charge in [-0.1, -0.05) is 24.9 Å². The van der Waals surface area contributed by atoms with Crippen molar-refractivity contribution < 1.29 is 9.53 Å². The molecule has 25 heavy (non-hydrogen) atoms. The molecule has 0 saturated heterocycles. The van der Waals surface area contributed by atoms with E-state index in [-0.39, 0.29) is 5.91 Å². The van der Waals surface area contributed by atoms with Gasteiger partial charge < -0.3 is 15.0 Å². The van der Waals surface area contributed by atoms with E-state index in [4.69, 9.17) is 16.3 Å². The van der Waals surface area contributed by atoms with Gasteiger partial charge in [0.05, 0.1) is 12.8 Å². The number of benzene rings is 1. The Bertz CT molecular complexity index is 752. The van der Waals surface area contributed by atoms with Gasteiger partial charge in [-0.05, 0) is 37.6 Å². The maximum absolute atomic E-state index is 12.6. The van der Waals surface area contributed by atoms with Gasteiger partial charge >= 0.3 is 0 Å². The second-order valence-corrected chi connectivity index (χ2v) is 6.20. The predicted octanol–water partition coefficient (Wildman–Crippen LogP) is 3.94. The predicted molar refractivity (Wildman–Crippen MR) is 101 cm³/mol. The van der Waals surface area contributed by atoms with Crippen LogP contribution in [0.3, 0.4) is 0 Å². The number of hydrogen-bond acceptors (Lipinski definition) is 5. The zero-order chi connectivity index (χ0) is 18.4. The average Bonchev–Trinajstić information content (AvgIpc) is 2.59. The minimum absolute atomic E-state index is 0.299. The van der Waals surface area contributed by atoms with E-state index < -0.39 is 0 Å². The summed E-state index contributed by atoms with van der Waals surface area (Å²) in [5.74, 6) is 0.733. The first-order chi connectivity index (χ1) is 11.9. The Morgan fingerprint density at radius 1 is 1.32 bits per heavy atom. The molecule has 0 saturated carbocycles. The standard InChI is InChI=1S/C18H23ClN4O2/c1-5-6-9-23(3)18-20-12(2)10-15(22-18)17(24)21-14-11-13(19)7-8-16(14)25-4/h7-8,10-11H,5-6,9H2,1-4H3,(H,21,24). The highest BCUT2D eigenvalue weighted by Gasteiger charge is 2.15. The van der Waals surface area contributed by atoms with Crippen LogP contribution in [0.15, 0.2) is 24.3 Å². The molecule has 0 aliphatic heterocycles. The van der Waals surface area contributed by atoms with Crippen LogP contribution in [-0.2, 0) is 0 Å². The van der Waals surface area contributed by atoms with Crippen LogP contribution in [0.4, 0.5) is 11.6 Å². The quantitative estimate of drug-likeness (QED) is 0.808. The molecule has 0 spiro atoms. The minimum atomic E-state index is -0.337. The van der Waals surface area contributed by atoms with E-state index in [1.807, 2.05) is 18.9 Å². The molecule has 1 N–H and O–H groups in total. The molecular formula is C18H23ClN4O2. The summed E-state index contributed by atoms with van der Waals surface area (Å²) in [6.45, 7) is 4.81. The normalized spacial score (nSPS) is 10.4. The Hall–Kier alpha value is -2.34. The molecule has 1 aromatic carbocycles. The third-order valence-corrected chi connectivity index (χ3v) is 3.91. The van der Waals surface area contributed by atoms with Gasteiger partial charge in [-0.15, -0.1) is 0 Å². The number of nitrogens with one attached hydrogen (secondary N) is 1. The number of rotatable bonds is 7. The summed E-state index contributed by atoms with van der Waals surface area (Å²) in [7, 11) is 3.46. The molecule has 0 fully saturated rings. The maximum Gasteiger partial charge on any atom is 0.274 e. The molecule has 0 radical (unpaired) electrons. The molecule has 2 rings (SSSR count). The first-order valence-electron chi connectivity index (χ1n) is 8.16. The summed E-state index contributed by atoms with van der Waals surface area (Å²) in [5, 5.41) is 3.31. The van der Waals surface area contributed by atoms with E-state index in [1.54, 1.807) is 24.3 Å². The van der Waals surface area contributed by atoms with E-state index in [9.17, 15) is 4.79 Å². The molecule has 7 heteroatoms. The van der Waals surface area contributed by atoms with Crippen molar-refractivity contribution in [3.05, 3.63) is 40.7 Å². The van der Waals surface area contributed by atoms with E-state index in [0.717, 1.165) is 25.1 Å². The van der Waals surface area contributed by atoms with Crippen molar-refractivity contribution in [1.29, 1.82) is 0 Å². The Kier molecular flexibility index (Phi) is 6.58. The van der Waals surface area contributed by atoms with Crippen LogP contribution in [0.5, 0.6) is 5.75 Å². The first-order valence-corrected chi connectivity index (χ1v) is 8.54. The highest BCUT2D eigenvalue weighted by atomic mass is 35.5. The monoisotopic (exact) mass is 362 g/mol. The molecule has 0 aliphatic carbocycles. The van der Waals surface area contributed by atoms with E-state index >= 15 is 0 Å². The SMILES string of the molecule is CCCCN(C)c1nc(C)cc(C(=O)Nc2cc(Cl)ccc2OC)n1. The lowest BCUT2D eigenvalue weighted by molar-refractivity contribution is 0.102. The van der Waals surface area contributed by atoms with Crippen LogP contribution in [0.1, 0.15) is 35.9 Å². The van der Waals surface area contributed by atoms with Crippen molar-refractivity contribution in [2.24, 2.45) is 0 Å². The minimum Gasteiger partial charge on any atom is -0.495 e. The van der Waals surface area contributed by atoms with E-state index in [2.05, 4.69) is 22.2 Å². The molecule has 0 unspecified atom stereocenters. The Morgan fingerprint density at radius 2 is 2.08 bits per heavy atom. The summed E-state index contributed by atoms with van der Waals surface area (Å²) in [6, 6.07) is 6.70. The van der Waals surface area contributed by atoms with Crippen molar-refractivity contribution in [1.82, 2.24) is 9.97 Å². The molecule has 0 bridgehead atoms. The fraction of sp³-hybridized carbons (Fsp3) is 0.389. The van der Waals surface area contributed by atoms with Gasteiger partial charge in [0.2, 0.25) is 5.95 Å². The first kappa shape index (κ1) is 19.0. The van der Waals surface area contributed by atoms with Crippen LogP contribution in [0.25, 0.3) is 0 Å². The van der Waals surface area contributed by atoms with Crippen LogP contribution < -0.4 is 15.0 Å². The zero-order valence-corrected chi connectivity index (χ0v) is 15.7. The van der Waals surface area contributed by atoms with Crippen LogP contribution in [0, 0.1) is 6.92 Å². The maximum atomic E-state index is 12.6. The van der Waals surface area contributed by atoms with Crippen LogP contribution in [-0.4, -0.2) is 36.6 Å². The lowest BCUT2D eigenvalue weighted by atomic mass is 10.2. The van der Waals surface area contributed by atoms with Gasteiger partial charge in [-0.3, -0.25) is 4.79 Å². The second-order valence-electron chi connectivity index (χ2n) is 5.77. The number of methoxy groups -OCH3 is 1. The molecular weight excluding hydrogens is 340 g/mol. The largest absolute Gasteiger partial charge is 0.495 e. The molecule has 0 atom stereocenters. The zero-order valence-electron chi connectivity index (χ0n) is 15.0. The molecule has 1 amide bonds. The Labute approximate surface area is 153 Å². The summed E-state index contributed by atoms with van der Waals surface area (Å²) in [6.07, 6.45) is 2.12. The summed E-state index contributed by atoms with van der Waals surface area (Å²) in [4.78, 5) is 23.4. The number of hydrogen-bond donors (Lipinski definition) is 1. The topological polar surface area (TPSA) is 67.4 Å². The third kappa shape index (κ3) is 5.06. The molecule has 134 valence electrons. The summed E-state index contributed by atoms with van der Waals surface area (Å²) >= 11 is 6.00. The van der Waals surface area contributed by atoms with Crippen molar-refractivity contribution in [3.8, 4) is 5.75 Å². The molecule has 1 heterocycles. The smallest absolute Gasteiger partial charge is 0.274 e. The Morgan fingerprint density at radius 3 is 2.76 bits per heavy atom. The number of anilines is 2. The molecule has 0 aliphatic rings. The number of carbonyl (C=O) groups is 1. The number of carbonyl (C=O) groups excluding carboxylic acids is 1. The van der Waals surface area contributed by atoms with Crippen molar-refractivity contribution in [2.45, 2.75) is 26.7 Å². The van der Waals surface area contributed by atoms with Crippen molar-refractivity contribution >= 4 is 29.1 Å². The van der Waals surface area contributed by atoms with Gasteiger partial charge in [-0.2, -0.15) is 0 Å². The number of aryl methyl sites for hydroxylation is 1. The fourth-order valence-corrected chi connectivity index (χ4v) is 2.47. The van der Waals surface area contributed by atoms with Gasteiger partial charge in [-0.25, -0.2) is 9.97 Å². The summed E-state index contributed by atoms with van der Waals surface area (Å²) < 4.78 is 5.25. The third-order valence-electron chi connectivity index (χ3n) is 3.67. The molecule has 1 aromatic heterocycles. The van der Waals surface area contributed by atoms with Crippen molar-refractivity contribution in [2.75, 3.05) is 30.9 Å². The number of nitrogens with zero attached hydrogens (tertiary/aromatic N) is 3. The summed E-state index contributed by atoms with van der Waals surface area (Å²) in [5.41, 5.74) is 1.53. The van der Waals surface area contributed by atoms with Gasteiger partial charge in [0.25, 0.3) is 5.91 Å². The lowest BCUT2D eigenvalue weighted by Gasteiger charge is -2.18. The number of ether oxygens (including phenoxy) is 1. The average molecular weight is 363 g/mol. The lowest BCUT2D eigenvalue weighted by Crippen LogP contribution is -2.23. The van der Waals surface area contributed by atoms with Crippen molar-refractivity contribution in [3.63, 3.8) is 0 Å². The molecule has 6 nitrogen and oxygen atoms in total. The fourth-order valence-electron chi connectivity index (χ4n) is 2.30. The van der Waals surface area contributed by atoms with Crippen LogP contribution in [0.2, 0.25) is 5.02 Å². The van der Waals surface area contributed by atoms with Gasteiger partial charge in [0.15, 0.2) is 0 Å². The second kappa shape index (κ2) is 8.67. The van der Waals surface area contributed by atoms with E-state index in [1.165, 1.54) is 7.11 Å². The van der Waals surface area contributed by atoms with E-state index in [0.29, 0.717) is 28.1 Å².